The van der Waals surface area contributed by atoms with E-state index in [1.165, 1.54) is 0 Å². The number of nitrogens with zero attached hydrogens (tertiary/aromatic N) is 2. The quantitative estimate of drug-likeness (QED) is 0.720. The summed E-state index contributed by atoms with van der Waals surface area (Å²) in [4.78, 5) is 0.356. The van der Waals surface area contributed by atoms with Crippen LogP contribution in [0.3, 0.4) is 0 Å². The highest BCUT2D eigenvalue weighted by atomic mass is 32.2. The third kappa shape index (κ3) is 4.01. The first kappa shape index (κ1) is 19.1. The molecule has 1 aromatic carbocycles. The molecule has 0 radical (unpaired) electrons. The number of aryl methyl sites for hydroxylation is 1. The summed E-state index contributed by atoms with van der Waals surface area (Å²) in [6.45, 7) is 6.92. The van der Waals surface area contributed by atoms with E-state index in [0.29, 0.717) is 17.4 Å². The Morgan fingerprint density at radius 3 is 2.65 bits per heavy atom. The molecule has 3 rings (SSSR count). The van der Waals surface area contributed by atoms with Crippen LogP contribution in [-0.2, 0) is 22.9 Å². The number of hydrogen-bond acceptors (Lipinski definition) is 4. The lowest BCUT2D eigenvalue weighted by molar-refractivity contribution is 0.343. The van der Waals surface area contributed by atoms with Crippen LogP contribution >= 0.6 is 0 Å². The number of sulfonamides is 1. The van der Waals surface area contributed by atoms with Gasteiger partial charge in [0.05, 0.1) is 10.9 Å². The fraction of sp³-hybridized carbons (Fsp3) is 0.550. The molecule has 0 unspecified atom stereocenters. The maximum Gasteiger partial charge on any atom is 0.243 e. The molecule has 1 aliphatic rings. The zero-order valence-electron chi connectivity index (χ0n) is 15.8. The van der Waals surface area contributed by atoms with Crippen LogP contribution in [0.2, 0.25) is 0 Å². The number of hydrogen-bond donors (Lipinski definition) is 0. The van der Waals surface area contributed by atoms with Gasteiger partial charge in [0.2, 0.25) is 10.0 Å². The zero-order chi connectivity index (χ0) is 18.7. The molecular formula is C20H28N2O3S. The van der Waals surface area contributed by atoms with E-state index < -0.39 is 10.0 Å². The number of aromatic nitrogens is 1. The van der Waals surface area contributed by atoms with Gasteiger partial charge in [-0.25, -0.2) is 8.42 Å². The second-order valence-electron chi connectivity index (χ2n) is 7.48. The molecule has 1 aliphatic heterocycles. The van der Waals surface area contributed by atoms with Gasteiger partial charge in [0.1, 0.15) is 11.5 Å². The van der Waals surface area contributed by atoms with E-state index in [1.54, 1.807) is 16.4 Å². The minimum absolute atomic E-state index is 0.232. The first-order valence-electron chi connectivity index (χ1n) is 9.48. The summed E-state index contributed by atoms with van der Waals surface area (Å²) in [7, 11) is -3.53. The van der Waals surface area contributed by atoms with Crippen molar-refractivity contribution in [3.8, 4) is 0 Å². The van der Waals surface area contributed by atoms with Gasteiger partial charge in [-0.05, 0) is 49.3 Å². The summed E-state index contributed by atoms with van der Waals surface area (Å²) in [6, 6.07) is 8.99. The van der Waals surface area contributed by atoms with Crippen LogP contribution in [0.25, 0.3) is 0 Å². The number of rotatable bonds is 7. The van der Waals surface area contributed by atoms with E-state index >= 15 is 0 Å². The van der Waals surface area contributed by atoms with Gasteiger partial charge in [0.25, 0.3) is 0 Å². The second kappa shape index (κ2) is 7.92. The summed E-state index contributed by atoms with van der Waals surface area (Å²) >= 11 is 0. The van der Waals surface area contributed by atoms with Crippen molar-refractivity contribution in [1.29, 1.82) is 0 Å². The molecule has 1 saturated heterocycles. The van der Waals surface area contributed by atoms with Gasteiger partial charge < -0.3 is 4.52 Å². The van der Waals surface area contributed by atoms with Gasteiger partial charge in [-0.2, -0.15) is 4.31 Å². The Labute approximate surface area is 156 Å². The van der Waals surface area contributed by atoms with Crippen LogP contribution < -0.4 is 0 Å². The molecule has 0 saturated carbocycles. The summed E-state index contributed by atoms with van der Waals surface area (Å²) < 4.78 is 33.3. The molecule has 0 aliphatic carbocycles. The summed E-state index contributed by atoms with van der Waals surface area (Å²) in [5.41, 5.74) is 1.89. The van der Waals surface area contributed by atoms with E-state index in [0.717, 1.165) is 49.1 Å². The van der Waals surface area contributed by atoms with Gasteiger partial charge in [-0.1, -0.05) is 38.1 Å². The fourth-order valence-electron chi connectivity index (χ4n) is 3.58. The summed E-state index contributed by atoms with van der Waals surface area (Å²) in [5.74, 6) is 1.37. The standard InChI is InChI=1S/C20H28N2O3S/c1-4-6-17-14-19(21-25-17)20-7-5-12-22(20)26(23,24)18-10-8-16(9-11-18)13-15(2)3/h8-11,14-15,20H,4-7,12-13H2,1-3H3/t20-/m0/s1. The fourth-order valence-corrected chi connectivity index (χ4v) is 5.25. The van der Waals surface area contributed by atoms with Crippen LogP contribution in [0.5, 0.6) is 0 Å². The van der Waals surface area contributed by atoms with Crippen LogP contribution in [0.1, 0.15) is 63.1 Å². The highest BCUT2D eigenvalue weighted by Crippen LogP contribution is 2.36. The van der Waals surface area contributed by atoms with Gasteiger partial charge in [-0.3, -0.25) is 0 Å². The SMILES string of the molecule is CCCc1cc([C@@H]2CCCN2S(=O)(=O)c2ccc(CC(C)C)cc2)no1. The van der Waals surface area contributed by atoms with Crippen molar-refractivity contribution in [1.82, 2.24) is 9.46 Å². The van der Waals surface area contributed by atoms with Crippen molar-refractivity contribution in [2.45, 2.75) is 63.8 Å². The molecule has 142 valence electrons. The van der Waals surface area contributed by atoms with Gasteiger partial charge in [0.15, 0.2) is 0 Å². The smallest absolute Gasteiger partial charge is 0.243 e. The van der Waals surface area contributed by atoms with Crippen molar-refractivity contribution in [3.63, 3.8) is 0 Å². The summed E-state index contributed by atoms with van der Waals surface area (Å²) in [6.07, 6.45) is 4.37. The lowest BCUT2D eigenvalue weighted by Crippen LogP contribution is -2.30. The van der Waals surface area contributed by atoms with Crippen molar-refractivity contribution >= 4 is 10.0 Å². The maximum atomic E-state index is 13.2. The Kier molecular flexibility index (Phi) is 5.82. The number of benzene rings is 1. The van der Waals surface area contributed by atoms with Crippen LogP contribution in [-0.4, -0.2) is 24.4 Å². The molecular weight excluding hydrogens is 348 g/mol. The van der Waals surface area contributed by atoms with Crippen molar-refractivity contribution < 1.29 is 12.9 Å². The van der Waals surface area contributed by atoms with Crippen LogP contribution in [0.4, 0.5) is 0 Å². The highest BCUT2D eigenvalue weighted by molar-refractivity contribution is 7.89. The molecule has 1 fully saturated rings. The second-order valence-corrected chi connectivity index (χ2v) is 9.37. The summed E-state index contributed by atoms with van der Waals surface area (Å²) in [5, 5.41) is 4.14. The molecule has 26 heavy (non-hydrogen) atoms. The predicted molar refractivity (Wildman–Crippen MR) is 101 cm³/mol. The first-order valence-corrected chi connectivity index (χ1v) is 10.9. The largest absolute Gasteiger partial charge is 0.361 e. The lowest BCUT2D eigenvalue weighted by atomic mass is 10.0. The van der Waals surface area contributed by atoms with Crippen LogP contribution in [0.15, 0.2) is 39.8 Å². The Balaban J connectivity index is 1.82. The van der Waals surface area contributed by atoms with E-state index in [2.05, 4.69) is 25.9 Å². The Morgan fingerprint density at radius 1 is 1.27 bits per heavy atom. The Hall–Kier alpha value is -1.66. The van der Waals surface area contributed by atoms with E-state index in [1.807, 2.05) is 18.2 Å². The first-order chi connectivity index (χ1) is 12.4. The average Bonchev–Trinajstić information content (AvgIpc) is 3.24. The lowest BCUT2D eigenvalue weighted by Gasteiger charge is -2.22. The molecule has 2 heterocycles. The molecule has 1 atom stereocenters. The van der Waals surface area contributed by atoms with Gasteiger partial charge >= 0.3 is 0 Å². The normalized spacial score (nSPS) is 18.7. The van der Waals surface area contributed by atoms with Crippen molar-refractivity contribution in [2.24, 2.45) is 5.92 Å². The van der Waals surface area contributed by atoms with Gasteiger partial charge in [0, 0.05) is 19.0 Å². The minimum atomic E-state index is -3.53. The Morgan fingerprint density at radius 2 is 2.00 bits per heavy atom. The van der Waals surface area contributed by atoms with Crippen LogP contribution in [0, 0.1) is 5.92 Å². The highest BCUT2D eigenvalue weighted by Gasteiger charge is 2.37. The van der Waals surface area contributed by atoms with Crippen molar-refractivity contribution in [2.75, 3.05) is 6.54 Å². The van der Waals surface area contributed by atoms with E-state index in [4.69, 9.17) is 4.52 Å². The molecule has 6 heteroatoms. The molecule has 2 aromatic rings. The van der Waals surface area contributed by atoms with Crippen molar-refractivity contribution in [3.05, 3.63) is 47.3 Å². The Bertz CT molecular complexity index is 825. The average molecular weight is 377 g/mol. The van der Waals surface area contributed by atoms with E-state index in [-0.39, 0.29) is 6.04 Å². The minimum Gasteiger partial charge on any atom is -0.361 e. The molecule has 0 N–H and O–H groups in total. The zero-order valence-corrected chi connectivity index (χ0v) is 16.6. The van der Waals surface area contributed by atoms with E-state index in [9.17, 15) is 8.42 Å². The monoisotopic (exact) mass is 376 g/mol. The maximum absolute atomic E-state index is 13.2. The molecule has 0 bridgehead atoms. The van der Waals surface area contributed by atoms with Gasteiger partial charge in [-0.15, -0.1) is 0 Å². The molecule has 0 amide bonds. The predicted octanol–water partition coefficient (Wildman–Crippen LogP) is 4.35. The molecule has 0 spiro atoms. The topological polar surface area (TPSA) is 63.4 Å². The third-order valence-electron chi connectivity index (χ3n) is 4.79. The third-order valence-corrected chi connectivity index (χ3v) is 6.71. The molecule has 5 nitrogen and oxygen atoms in total. The molecule has 1 aromatic heterocycles.